The van der Waals surface area contributed by atoms with Crippen LogP contribution in [-0.2, 0) is 16.0 Å². The average molecular weight is 325 g/mol. The molecule has 0 radical (unpaired) electrons. The summed E-state index contributed by atoms with van der Waals surface area (Å²) in [5.41, 5.74) is 8.47. The topological polar surface area (TPSA) is 60.1 Å². The normalized spacial score (nSPS) is 32.5. The Labute approximate surface area is 142 Å². The van der Waals surface area contributed by atoms with Crippen LogP contribution in [0.1, 0.15) is 36.3 Å². The van der Waals surface area contributed by atoms with Gasteiger partial charge in [-0.2, -0.15) is 0 Å². The quantitative estimate of drug-likeness (QED) is 0.862. The van der Waals surface area contributed by atoms with Crippen LogP contribution >= 0.6 is 0 Å². The van der Waals surface area contributed by atoms with Crippen molar-refractivity contribution in [3.63, 3.8) is 0 Å². The van der Waals surface area contributed by atoms with Crippen LogP contribution in [0.3, 0.4) is 0 Å². The van der Waals surface area contributed by atoms with Crippen molar-refractivity contribution in [1.29, 1.82) is 0 Å². The Balaban J connectivity index is 1.69. The molecule has 1 saturated heterocycles. The van der Waals surface area contributed by atoms with E-state index in [2.05, 4.69) is 42.4 Å². The Morgan fingerprint density at radius 1 is 1.33 bits per heavy atom. The third-order valence-electron chi connectivity index (χ3n) is 5.35. The SMILES string of the molecule is C=C1OC(C2CCCc3ccccc32)CC2(N=C(N)N(C)O2)C1=C. The van der Waals surface area contributed by atoms with Gasteiger partial charge >= 0.3 is 0 Å². The van der Waals surface area contributed by atoms with E-state index in [-0.39, 0.29) is 6.10 Å². The van der Waals surface area contributed by atoms with E-state index in [4.69, 9.17) is 15.3 Å². The van der Waals surface area contributed by atoms with Gasteiger partial charge in [0.15, 0.2) is 0 Å². The van der Waals surface area contributed by atoms with E-state index in [0.717, 1.165) is 19.3 Å². The molecule has 3 atom stereocenters. The Morgan fingerprint density at radius 3 is 2.88 bits per heavy atom. The standard InChI is InChI=1S/C19H23N3O2/c1-12-13(2)23-17(11-19(12)21-18(20)22(3)24-19)16-10-6-8-14-7-4-5-9-15(14)16/h4-5,7,9,16-17H,1-2,6,8,10-11H2,3H3,(H2,20,21). The van der Waals surface area contributed by atoms with Gasteiger partial charge in [-0.05, 0) is 30.4 Å². The lowest BCUT2D eigenvalue weighted by molar-refractivity contribution is -0.175. The van der Waals surface area contributed by atoms with Gasteiger partial charge in [0.25, 0.3) is 0 Å². The molecule has 126 valence electrons. The number of guanidine groups is 1. The molecule has 0 aromatic heterocycles. The second-order valence-electron chi connectivity index (χ2n) is 6.80. The lowest BCUT2D eigenvalue weighted by atomic mass is 9.76. The van der Waals surface area contributed by atoms with E-state index in [1.807, 2.05) is 0 Å². The number of rotatable bonds is 1. The van der Waals surface area contributed by atoms with Crippen molar-refractivity contribution >= 4 is 5.96 Å². The fourth-order valence-corrected chi connectivity index (χ4v) is 4.07. The lowest BCUT2D eigenvalue weighted by Gasteiger charge is -2.42. The lowest BCUT2D eigenvalue weighted by Crippen LogP contribution is -2.44. The number of benzene rings is 1. The first kappa shape index (κ1) is 15.3. The number of ether oxygens (including phenoxy) is 1. The van der Waals surface area contributed by atoms with Crippen LogP contribution in [0.4, 0.5) is 0 Å². The van der Waals surface area contributed by atoms with Crippen LogP contribution in [-0.4, -0.2) is 29.9 Å². The summed E-state index contributed by atoms with van der Waals surface area (Å²) in [7, 11) is 1.75. The molecule has 24 heavy (non-hydrogen) atoms. The number of nitrogens with two attached hydrogens (primary N) is 1. The number of aryl methyl sites for hydroxylation is 1. The van der Waals surface area contributed by atoms with Gasteiger partial charge in [0.05, 0.1) is 0 Å². The smallest absolute Gasteiger partial charge is 0.221 e. The summed E-state index contributed by atoms with van der Waals surface area (Å²) >= 11 is 0. The Bertz CT molecular complexity index is 742. The van der Waals surface area contributed by atoms with E-state index in [0.29, 0.717) is 29.6 Å². The van der Waals surface area contributed by atoms with Crippen LogP contribution < -0.4 is 5.73 Å². The Hall–Kier alpha value is -2.27. The molecule has 3 unspecified atom stereocenters. The van der Waals surface area contributed by atoms with Crippen LogP contribution in [0.2, 0.25) is 0 Å². The van der Waals surface area contributed by atoms with E-state index in [1.54, 1.807) is 7.05 Å². The third kappa shape index (κ3) is 2.23. The van der Waals surface area contributed by atoms with Gasteiger partial charge in [0, 0.05) is 25.0 Å². The number of hydrogen-bond donors (Lipinski definition) is 1. The van der Waals surface area contributed by atoms with Crippen molar-refractivity contribution in [3.8, 4) is 0 Å². The molecule has 1 spiro atoms. The van der Waals surface area contributed by atoms with E-state index >= 15 is 0 Å². The second kappa shape index (κ2) is 5.38. The van der Waals surface area contributed by atoms with Gasteiger partial charge in [0.1, 0.15) is 11.9 Å². The highest BCUT2D eigenvalue weighted by Crippen LogP contribution is 2.47. The van der Waals surface area contributed by atoms with Gasteiger partial charge in [-0.25, -0.2) is 14.9 Å². The molecule has 1 aromatic rings. The second-order valence-corrected chi connectivity index (χ2v) is 6.80. The van der Waals surface area contributed by atoms with E-state index in [1.165, 1.54) is 16.2 Å². The minimum absolute atomic E-state index is 0.0486. The Morgan fingerprint density at radius 2 is 2.12 bits per heavy atom. The van der Waals surface area contributed by atoms with Crippen LogP contribution in [0.25, 0.3) is 0 Å². The van der Waals surface area contributed by atoms with Crippen molar-refractivity contribution in [1.82, 2.24) is 5.06 Å². The van der Waals surface area contributed by atoms with Crippen molar-refractivity contribution in [2.24, 2.45) is 10.7 Å². The maximum absolute atomic E-state index is 6.15. The minimum Gasteiger partial charge on any atom is -0.490 e. The minimum atomic E-state index is -0.884. The Kier molecular flexibility index (Phi) is 3.42. The molecular weight excluding hydrogens is 302 g/mol. The van der Waals surface area contributed by atoms with E-state index in [9.17, 15) is 0 Å². The maximum Gasteiger partial charge on any atom is 0.221 e. The first-order valence-corrected chi connectivity index (χ1v) is 8.41. The molecule has 1 fully saturated rings. The van der Waals surface area contributed by atoms with Crippen LogP contribution in [0, 0.1) is 0 Å². The summed E-state index contributed by atoms with van der Waals surface area (Å²) in [5.74, 6) is 1.21. The van der Waals surface area contributed by atoms with Gasteiger partial charge in [0.2, 0.25) is 11.7 Å². The molecule has 0 bridgehead atoms. The molecule has 3 aliphatic rings. The van der Waals surface area contributed by atoms with Crippen molar-refractivity contribution in [2.45, 2.75) is 43.4 Å². The molecule has 0 amide bonds. The fraction of sp³-hybridized carbons (Fsp3) is 0.421. The molecule has 1 aromatic carbocycles. The first-order valence-electron chi connectivity index (χ1n) is 8.41. The average Bonchev–Trinajstić information content (AvgIpc) is 2.86. The molecule has 5 nitrogen and oxygen atoms in total. The highest BCUT2D eigenvalue weighted by Gasteiger charge is 2.51. The van der Waals surface area contributed by atoms with Crippen molar-refractivity contribution in [3.05, 3.63) is 59.9 Å². The van der Waals surface area contributed by atoms with Crippen molar-refractivity contribution in [2.75, 3.05) is 7.05 Å². The van der Waals surface area contributed by atoms with E-state index < -0.39 is 5.72 Å². The maximum atomic E-state index is 6.15. The predicted octanol–water partition coefficient (Wildman–Crippen LogP) is 2.85. The van der Waals surface area contributed by atoms with Gasteiger partial charge in [-0.1, -0.05) is 37.4 Å². The number of hydroxylamine groups is 2. The summed E-state index contributed by atoms with van der Waals surface area (Å²) in [4.78, 5) is 10.5. The summed E-state index contributed by atoms with van der Waals surface area (Å²) in [5, 5.41) is 1.50. The molecule has 0 saturated carbocycles. The predicted molar refractivity (Wildman–Crippen MR) is 93.1 cm³/mol. The number of aliphatic imine (C=N–C) groups is 1. The van der Waals surface area contributed by atoms with Gasteiger partial charge < -0.3 is 10.5 Å². The third-order valence-corrected chi connectivity index (χ3v) is 5.35. The largest absolute Gasteiger partial charge is 0.490 e. The van der Waals surface area contributed by atoms with Gasteiger partial charge in [-0.15, -0.1) is 0 Å². The summed E-state index contributed by atoms with van der Waals surface area (Å²) in [6.45, 7) is 8.12. The molecule has 1 aliphatic carbocycles. The number of hydrogen-bond acceptors (Lipinski definition) is 5. The zero-order valence-corrected chi connectivity index (χ0v) is 14.0. The number of nitrogens with zero attached hydrogens (tertiary/aromatic N) is 2. The molecule has 2 aliphatic heterocycles. The zero-order chi connectivity index (χ0) is 16.9. The fourth-order valence-electron chi connectivity index (χ4n) is 4.07. The highest BCUT2D eigenvalue weighted by molar-refractivity contribution is 5.79. The molecule has 2 N–H and O–H groups in total. The monoisotopic (exact) mass is 325 g/mol. The van der Waals surface area contributed by atoms with Gasteiger partial charge in [-0.3, -0.25) is 0 Å². The first-order chi connectivity index (χ1) is 11.5. The summed E-state index contributed by atoms with van der Waals surface area (Å²) in [6, 6.07) is 8.62. The number of fused-ring (bicyclic) bond motifs is 1. The highest BCUT2D eigenvalue weighted by atomic mass is 16.7. The summed E-state index contributed by atoms with van der Waals surface area (Å²) in [6.07, 6.45) is 3.92. The summed E-state index contributed by atoms with van der Waals surface area (Å²) < 4.78 is 6.15. The molecule has 5 heteroatoms. The zero-order valence-electron chi connectivity index (χ0n) is 14.0. The molecular formula is C19H23N3O2. The van der Waals surface area contributed by atoms with Crippen molar-refractivity contribution < 1.29 is 9.57 Å². The molecule has 4 rings (SSSR count). The van der Waals surface area contributed by atoms with Crippen LogP contribution in [0.5, 0.6) is 0 Å². The molecule has 2 heterocycles. The van der Waals surface area contributed by atoms with Crippen LogP contribution in [0.15, 0.2) is 53.7 Å².